The molecule has 0 saturated carbocycles. The number of nitrogens with one attached hydrogen (secondary N) is 1. The van der Waals surface area contributed by atoms with Gasteiger partial charge < -0.3 is 11.1 Å². The van der Waals surface area contributed by atoms with Crippen molar-refractivity contribution in [1.29, 1.82) is 5.41 Å². The number of hydrogen-bond acceptors (Lipinski definition) is 2. The Morgan fingerprint density at radius 2 is 1.26 bits per heavy atom. The third-order valence-electron chi connectivity index (χ3n) is 3.69. The molecule has 0 aromatic heterocycles. The number of benzene rings is 3. The maximum absolute atomic E-state index is 8.31. The van der Waals surface area contributed by atoms with Crippen LogP contribution < -0.4 is 5.73 Å². The Morgan fingerprint density at radius 1 is 0.696 bits per heavy atom. The zero-order valence-electron chi connectivity index (χ0n) is 12.7. The van der Waals surface area contributed by atoms with E-state index in [1.54, 1.807) is 6.08 Å². The van der Waals surface area contributed by atoms with Crippen LogP contribution in [0, 0.1) is 5.41 Å². The van der Waals surface area contributed by atoms with Gasteiger partial charge in [0.1, 0.15) is 0 Å². The predicted molar refractivity (Wildman–Crippen MR) is 97.3 cm³/mol. The van der Waals surface area contributed by atoms with Crippen molar-refractivity contribution in [2.75, 3.05) is 0 Å². The molecule has 0 heterocycles. The Morgan fingerprint density at radius 3 is 1.96 bits per heavy atom. The van der Waals surface area contributed by atoms with Gasteiger partial charge in [0.05, 0.1) is 5.71 Å². The minimum atomic E-state index is 0.407. The van der Waals surface area contributed by atoms with E-state index in [9.17, 15) is 0 Å². The molecule has 0 radical (unpaired) electrons. The molecule has 2 heteroatoms. The van der Waals surface area contributed by atoms with E-state index < -0.39 is 0 Å². The van der Waals surface area contributed by atoms with Gasteiger partial charge in [-0.05, 0) is 28.8 Å². The lowest BCUT2D eigenvalue weighted by molar-refractivity contribution is 1.47. The Bertz CT molecular complexity index is 834. The minimum Gasteiger partial charge on any atom is -0.398 e. The Kier molecular flexibility index (Phi) is 4.34. The molecule has 3 N–H and O–H groups in total. The zero-order chi connectivity index (χ0) is 16.1. The molecule has 23 heavy (non-hydrogen) atoms. The molecule has 0 amide bonds. The molecule has 0 fully saturated rings. The monoisotopic (exact) mass is 298 g/mol. The molecule has 112 valence electrons. The van der Waals surface area contributed by atoms with Gasteiger partial charge in [-0.3, -0.25) is 0 Å². The molecular weight excluding hydrogens is 280 g/mol. The molecule has 2 nitrogen and oxygen atoms in total. The largest absolute Gasteiger partial charge is 0.398 e. The summed E-state index contributed by atoms with van der Waals surface area (Å²) in [5, 5.41) is 8.31. The summed E-state index contributed by atoms with van der Waals surface area (Å²) in [6.45, 7) is 0. The molecule has 0 spiro atoms. The van der Waals surface area contributed by atoms with Crippen LogP contribution in [0.5, 0.6) is 0 Å². The van der Waals surface area contributed by atoms with Gasteiger partial charge in [-0.25, -0.2) is 0 Å². The van der Waals surface area contributed by atoms with Crippen LogP contribution in [0.3, 0.4) is 0 Å². The minimum absolute atomic E-state index is 0.407. The molecular formula is C21H18N2. The summed E-state index contributed by atoms with van der Waals surface area (Å²) in [7, 11) is 0. The second-order valence-corrected chi connectivity index (χ2v) is 5.33. The van der Waals surface area contributed by atoms with Crippen molar-refractivity contribution in [3.05, 3.63) is 102 Å². The zero-order valence-corrected chi connectivity index (χ0v) is 12.7. The first kappa shape index (κ1) is 14.8. The number of nitrogens with two attached hydrogens (primary N) is 1. The predicted octanol–water partition coefficient (Wildman–Crippen LogP) is 4.72. The molecule has 3 aromatic rings. The van der Waals surface area contributed by atoms with E-state index in [-0.39, 0.29) is 0 Å². The van der Waals surface area contributed by atoms with E-state index in [4.69, 9.17) is 11.1 Å². The van der Waals surface area contributed by atoms with Crippen LogP contribution in [0.4, 0.5) is 0 Å². The van der Waals surface area contributed by atoms with E-state index in [0.717, 1.165) is 22.3 Å². The van der Waals surface area contributed by atoms with Crippen LogP contribution in [0.1, 0.15) is 11.1 Å². The third kappa shape index (κ3) is 3.55. The lowest BCUT2D eigenvalue weighted by Gasteiger charge is -2.06. The molecule has 0 aliphatic heterocycles. The van der Waals surface area contributed by atoms with Gasteiger partial charge in [0.2, 0.25) is 0 Å². The SMILES string of the molecule is N=C(C=C(N)c1ccccc1)c1cccc(-c2ccccc2)c1. The molecule has 0 unspecified atom stereocenters. The van der Waals surface area contributed by atoms with Crippen molar-refractivity contribution in [2.24, 2.45) is 5.73 Å². The summed E-state index contributed by atoms with van der Waals surface area (Å²) in [5.41, 5.74) is 11.1. The van der Waals surface area contributed by atoms with Gasteiger partial charge in [-0.2, -0.15) is 0 Å². The van der Waals surface area contributed by atoms with Crippen LogP contribution in [-0.4, -0.2) is 5.71 Å². The average Bonchev–Trinajstić information content (AvgIpc) is 2.63. The Balaban J connectivity index is 1.89. The number of allylic oxidation sites excluding steroid dienone is 1. The molecule has 0 bridgehead atoms. The second kappa shape index (κ2) is 6.75. The summed E-state index contributed by atoms with van der Waals surface area (Å²) < 4.78 is 0. The van der Waals surface area contributed by atoms with E-state index in [1.807, 2.05) is 66.7 Å². The first-order valence-corrected chi connectivity index (χ1v) is 7.51. The maximum Gasteiger partial charge on any atom is 0.0633 e. The quantitative estimate of drug-likeness (QED) is 0.673. The molecule has 3 aromatic carbocycles. The standard InChI is InChI=1S/C21H18N2/c22-20(17-10-5-2-6-11-17)15-21(23)19-13-7-12-18(14-19)16-8-3-1-4-9-16/h1-15,23H,22H2. The van der Waals surface area contributed by atoms with Crippen LogP contribution in [0.2, 0.25) is 0 Å². The first-order valence-electron chi connectivity index (χ1n) is 7.51. The van der Waals surface area contributed by atoms with Crippen LogP contribution in [-0.2, 0) is 0 Å². The molecule has 0 atom stereocenters. The fraction of sp³-hybridized carbons (Fsp3) is 0. The topological polar surface area (TPSA) is 49.9 Å². The average molecular weight is 298 g/mol. The summed E-state index contributed by atoms with van der Waals surface area (Å²) in [6, 6.07) is 27.9. The highest BCUT2D eigenvalue weighted by molar-refractivity contribution is 6.10. The first-order chi connectivity index (χ1) is 11.2. The fourth-order valence-electron chi connectivity index (χ4n) is 2.45. The highest BCUT2D eigenvalue weighted by Crippen LogP contribution is 2.20. The summed E-state index contributed by atoms with van der Waals surface area (Å²) >= 11 is 0. The molecule has 0 saturated heterocycles. The van der Waals surface area contributed by atoms with Gasteiger partial charge in [0, 0.05) is 11.3 Å². The number of rotatable bonds is 4. The summed E-state index contributed by atoms with van der Waals surface area (Å²) in [5.74, 6) is 0. The van der Waals surface area contributed by atoms with E-state index in [2.05, 4.69) is 18.2 Å². The van der Waals surface area contributed by atoms with E-state index in [0.29, 0.717) is 11.4 Å². The van der Waals surface area contributed by atoms with Gasteiger partial charge >= 0.3 is 0 Å². The fourth-order valence-corrected chi connectivity index (χ4v) is 2.45. The molecule has 0 aliphatic carbocycles. The molecule has 0 aliphatic rings. The summed E-state index contributed by atoms with van der Waals surface area (Å²) in [4.78, 5) is 0. The Hall–Kier alpha value is -3.13. The van der Waals surface area contributed by atoms with Gasteiger partial charge in [-0.15, -0.1) is 0 Å². The van der Waals surface area contributed by atoms with E-state index in [1.165, 1.54) is 0 Å². The highest BCUT2D eigenvalue weighted by atomic mass is 14.6. The van der Waals surface area contributed by atoms with Gasteiger partial charge in [-0.1, -0.05) is 78.9 Å². The van der Waals surface area contributed by atoms with Crippen LogP contribution in [0.15, 0.2) is 91.0 Å². The van der Waals surface area contributed by atoms with Crippen molar-refractivity contribution < 1.29 is 0 Å². The van der Waals surface area contributed by atoms with Gasteiger partial charge in [0.15, 0.2) is 0 Å². The smallest absolute Gasteiger partial charge is 0.0633 e. The molecule has 3 rings (SSSR count). The normalized spacial score (nSPS) is 11.2. The Labute approximate surface area is 136 Å². The third-order valence-corrected chi connectivity index (χ3v) is 3.69. The van der Waals surface area contributed by atoms with Crippen LogP contribution >= 0.6 is 0 Å². The maximum atomic E-state index is 8.31. The van der Waals surface area contributed by atoms with E-state index >= 15 is 0 Å². The second-order valence-electron chi connectivity index (χ2n) is 5.33. The van der Waals surface area contributed by atoms with Crippen molar-refractivity contribution in [1.82, 2.24) is 0 Å². The highest BCUT2D eigenvalue weighted by Gasteiger charge is 2.04. The summed E-state index contributed by atoms with van der Waals surface area (Å²) in [6.07, 6.45) is 1.71. The van der Waals surface area contributed by atoms with Crippen molar-refractivity contribution in [2.45, 2.75) is 0 Å². The van der Waals surface area contributed by atoms with Crippen molar-refractivity contribution in [3.63, 3.8) is 0 Å². The van der Waals surface area contributed by atoms with Gasteiger partial charge in [0.25, 0.3) is 0 Å². The van der Waals surface area contributed by atoms with Crippen molar-refractivity contribution in [3.8, 4) is 11.1 Å². The van der Waals surface area contributed by atoms with Crippen molar-refractivity contribution >= 4 is 11.4 Å². The lowest BCUT2D eigenvalue weighted by Crippen LogP contribution is -2.02. The number of hydrogen-bond donors (Lipinski definition) is 2. The lowest BCUT2D eigenvalue weighted by atomic mass is 10.00. The van der Waals surface area contributed by atoms with Crippen LogP contribution in [0.25, 0.3) is 16.8 Å².